The Bertz CT molecular complexity index is 1650. The highest BCUT2D eigenvalue weighted by Gasteiger charge is 2.26. The Morgan fingerprint density at radius 1 is 1.05 bits per heavy atom. The van der Waals surface area contributed by atoms with E-state index in [2.05, 4.69) is 5.32 Å². The summed E-state index contributed by atoms with van der Waals surface area (Å²) in [5, 5.41) is 4.88. The number of thiazole rings is 1. The Morgan fingerprint density at radius 2 is 1.79 bits per heavy atom. The van der Waals surface area contributed by atoms with E-state index in [0.29, 0.717) is 33.3 Å². The second-order valence-corrected chi connectivity index (χ2v) is 12.6. The van der Waals surface area contributed by atoms with Gasteiger partial charge in [-0.1, -0.05) is 55.3 Å². The third kappa shape index (κ3) is 6.53. The Labute approximate surface area is 261 Å². The van der Waals surface area contributed by atoms with E-state index in [4.69, 9.17) is 30.8 Å². The maximum Gasteiger partial charge on any atom is 0.325 e. The number of nitrogens with zero attached hydrogens (tertiary/aromatic N) is 2. The smallest absolute Gasteiger partial charge is 0.325 e. The summed E-state index contributed by atoms with van der Waals surface area (Å²) in [6, 6.07) is 9.50. The van der Waals surface area contributed by atoms with E-state index in [1.165, 1.54) is 50.6 Å². The van der Waals surface area contributed by atoms with E-state index in [1.54, 1.807) is 24.9 Å². The highest BCUT2D eigenvalue weighted by Crippen LogP contribution is 2.43. The van der Waals surface area contributed by atoms with E-state index in [1.807, 2.05) is 38.1 Å². The molecule has 0 bridgehead atoms. The zero-order chi connectivity index (χ0) is 30.7. The Balaban J connectivity index is 1.54. The van der Waals surface area contributed by atoms with E-state index in [9.17, 15) is 9.59 Å². The van der Waals surface area contributed by atoms with Gasteiger partial charge in [0.05, 0.1) is 32.0 Å². The largest absolute Gasteiger partial charge is 0.496 e. The van der Waals surface area contributed by atoms with Crippen LogP contribution in [0.4, 0.5) is 5.13 Å². The number of amides is 1. The van der Waals surface area contributed by atoms with Crippen LogP contribution in [0, 0.1) is 19.8 Å². The van der Waals surface area contributed by atoms with Crippen molar-refractivity contribution in [1.82, 2.24) is 9.55 Å². The number of carbonyl (C=O) groups excluding carboxylic acids is 2. The number of fused-ring (bicyclic) bond motifs is 1. The van der Waals surface area contributed by atoms with Gasteiger partial charge in [0.1, 0.15) is 23.7 Å². The van der Waals surface area contributed by atoms with Crippen LogP contribution >= 0.6 is 22.9 Å². The molecular weight excluding hydrogens is 586 g/mol. The molecule has 1 aliphatic rings. The van der Waals surface area contributed by atoms with Gasteiger partial charge in [0.15, 0.2) is 5.13 Å². The van der Waals surface area contributed by atoms with Crippen LogP contribution in [0.3, 0.4) is 0 Å². The minimum absolute atomic E-state index is 0.0792. The van der Waals surface area contributed by atoms with Gasteiger partial charge in [-0.3, -0.25) is 14.9 Å². The molecule has 2 aromatic carbocycles. The number of ether oxygens (including phenoxy) is 3. The summed E-state index contributed by atoms with van der Waals surface area (Å²) in [6.45, 7) is 3.82. The molecule has 1 fully saturated rings. The van der Waals surface area contributed by atoms with Crippen molar-refractivity contribution < 1.29 is 23.8 Å². The standard InChI is InChI=1S/C33H38ClN3O5S/c1-19-11-13-25-22(15-19)20(2)31(37(25)18-29(38)42-5)32(39)36-33-35-30(23-16-27(41-4)24(34)17-26(23)40-3)28(43-33)14-12-21-9-7-6-8-10-21/h11,13,15-17,21H,6-10,12,14,18H2,1-5H3,(H,35,36,39). The van der Waals surface area contributed by atoms with Gasteiger partial charge in [-0.25, -0.2) is 4.98 Å². The molecule has 1 saturated carbocycles. The van der Waals surface area contributed by atoms with Crippen molar-refractivity contribution >= 4 is 50.8 Å². The summed E-state index contributed by atoms with van der Waals surface area (Å²) in [5.74, 6) is 1.01. The summed E-state index contributed by atoms with van der Waals surface area (Å²) in [5.41, 5.74) is 4.55. The first-order valence-corrected chi connectivity index (χ1v) is 15.8. The fourth-order valence-corrected chi connectivity index (χ4v) is 7.30. The summed E-state index contributed by atoms with van der Waals surface area (Å²) < 4.78 is 17.9. The molecule has 228 valence electrons. The topological polar surface area (TPSA) is 91.7 Å². The van der Waals surface area contributed by atoms with Crippen molar-refractivity contribution in [2.75, 3.05) is 26.6 Å². The number of esters is 1. The Kier molecular flexibility index (Phi) is 9.62. The average molecular weight is 624 g/mol. The second-order valence-electron chi connectivity index (χ2n) is 11.1. The van der Waals surface area contributed by atoms with Gasteiger partial charge in [0.2, 0.25) is 0 Å². The van der Waals surface area contributed by atoms with Gasteiger partial charge in [-0.15, -0.1) is 11.3 Å². The van der Waals surface area contributed by atoms with Gasteiger partial charge >= 0.3 is 5.97 Å². The minimum Gasteiger partial charge on any atom is -0.496 e. The third-order valence-corrected chi connectivity index (χ3v) is 9.68. The number of aromatic nitrogens is 2. The lowest BCUT2D eigenvalue weighted by atomic mass is 9.86. The third-order valence-electron chi connectivity index (χ3n) is 8.35. The molecule has 2 aromatic heterocycles. The maximum absolute atomic E-state index is 13.9. The normalized spacial score (nSPS) is 13.7. The van der Waals surface area contributed by atoms with Crippen LogP contribution in [0.1, 0.15) is 65.0 Å². The first-order valence-electron chi connectivity index (χ1n) is 14.6. The molecule has 0 atom stereocenters. The van der Waals surface area contributed by atoms with Gasteiger partial charge in [0.25, 0.3) is 5.91 Å². The lowest BCUT2D eigenvalue weighted by molar-refractivity contribution is -0.141. The number of aryl methyl sites for hydroxylation is 3. The zero-order valence-corrected chi connectivity index (χ0v) is 26.9. The number of methoxy groups -OCH3 is 3. The number of anilines is 1. The Hall–Kier alpha value is -3.56. The molecule has 1 amide bonds. The van der Waals surface area contributed by atoms with Crippen molar-refractivity contribution in [2.24, 2.45) is 5.92 Å². The van der Waals surface area contributed by atoms with E-state index in [0.717, 1.165) is 51.0 Å². The number of hydrogen-bond acceptors (Lipinski definition) is 7. The van der Waals surface area contributed by atoms with Crippen molar-refractivity contribution in [3.05, 3.63) is 57.1 Å². The molecule has 4 aromatic rings. The fourth-order valence-electron chi connectivity index (χ4n) is 6.08. The number of carbonyl (C=O) groups is 2. The van der Waals surface area contributed by atoms with Gasteiger partial charge in [-0.2, -0.15) is 0 Å². The van der Waals surface area contributed by atoms with Crippen molar-refractivity contribution in [3.63, 3.8) is 0 Å². The van der Waals surface area contributed by atoms with Crippen molar-refractivity contribution in [1.29, 1.82) is 0 Å². The predicted molar refractivity (Wildman–Crippen MR) is 172 cm³/mol. The fraction of sp³-hybridized carbons (Fsp3) is 0.424. The average Bonchev–Trinajstić information content (AvgIpc) is 3.53. The molecule has 2 heterocycles. The van der Waals surface area contributed by atoms with Crippen molar-refractivity contribution in [2.45, 2.75) is 65.3 Å². The quantitative estimate of drug-likeness (QED) is 0.180. The molecule has 0 unspecified atom stereocenters. The highest BCUT2D eigenvalue weighted by molar-refractivity contribution is 7.16. The van der Waals surface area contributed by atoms with E-state index >= 15 is 0 Å². The van der Waals surface area contributed by atoms with Crippen LogP contribution in [0.5, 0.6) is 11.5 Å². The van der Waals surface area contributed by atoms with Crippen LogP contribution in [-0.2, 0) is 22.5 Å². The molecule has 0 spiro atoms. The lowest BCUT2D eigenvalue weighted by Gasteiger charge is -2.21. The zero-order valence-electron chi connectivity index (χ0n) is 25.3. The monoisotopic (exact) mass is 623 g/mol. The molecule has 0 radical (unpaired) electrons. The van der Waals surface area contributed by atoms with Crippen molar-refractivity contribution in [3.8, 4) is 22.8 Å². The van der Waals surface area contributed by atoms with Gasteiger partial charge in [-0.05, 0) is 56.4 Å². The number of benzene rings is 2. The Morgan fingerprint density at radius 3 is 2.49 bits per heavy atom. The first-order chi connectivity index (χ1) is 20.7. The summed E-state index contributed by atoms with van der Waals surface area (Å²) in [4.78, 5) is 32.3. The summed E-state index contributed by atoms with van der Waals surface area (Å²) in [6.07, 6.45) is 8.26. The molecular formula is C33H38ClN3O5S. The van der Waals surface area contributed by atoms with Gasteiger partial charge in [0, 0.05) is 27.4 Å². The molecule has 10 heteroatoms. The highest BCUT2D eigenvalue weighted by atomic mass is 35.5. The predicted octanol–water partition coefficient (Wildman–Crippen LogP) is 7.99. The van der Waals surface area contributed by atoms with Crippen LogP contribution in [0.2, 0.25) is 5.02 Å². The van der Waals surface area contributed by atoms with Crippen LogP contribution < -0.4 is 14.8 Å². The lowest BCUT2D eigenvalue weighted by Crippen LogP contribution is -2.21. The van der Waals surface area contributed by atoms with E-state index in [-0.39, 0.29) is 12.5 Å². The molecule has 1 N–H and O–H groups in total. The SMILES string of the molecule is COC(=O)Cn1c(C(=O)Nc2nc(-c3cc(OC)c(Cl)cc3OC)c(CCC3CCCCC3)s2)c(C)c2cc(C)ccc21. The number of nitrogens with one attached hydrogen (secondary N) is 1. The summed E-state index contributed by atoms with van der Waals surface area (Å²) in [7, 11) is 4.52. The van der Waals surface area contributed by atoms with Crippen LogP contribution in [0.15, 0.2) is 30.3 Å². The number of rotatable bonds is 10. The van der Waals surface area contributed by atoms with Crippen LogP contribution in [0.25, 0.3) is 22.2 Å². The maximum atomic E-state index is 13.9. The summed E-state index contributed by atoms with van der Waals surface area (Å²) >= 11 is 7.89. The molecule has 0 saturated heterocycles. The number of halogens is 1. The molecule has 1 aliphatic carbocycles. The first kappa shape index (κ1) is 30.9. The second kappa shape index (κ2) is 13.4. The van der Waals surface area contributed by atoms with Crippen LogP contribution in [-0.4, -0.2) is 42.8 Å². The molecule has 8 nitrogen and oxygen atoms in total. The van der Waals surface area contributed by atoms with E-state index < -0.39 is 5.97 Å². The van der Waals surface area contributed by atoms with Gasteiger partial charge < -0.3 is 18.8 Å². The molecule has 43 heavy (non-hydrogen) atoms. The minimum atomic E-state index is -0.433. The molecule has 0 aliphatic heterocycles. The molecule has 5 rings (SSSR count). The number of hydrogen-bond donors (Lipinski definition) is 1.